The highest BCUT2D eigenvalue weighted by atomic mass is 16.6. The first-order chi connectivity index (χ1) is 16.0. The Hall–Kier alpha value is -3.53. The normalized spacial score (nSPS) is 14.0. The lowest BCUT2D eigenvalue weighted by Crippen LogP contribution is -2.44. The standard InChI is InChI=1S/C23H29N3O7/c1-30-12-13-33-22-15-20(26(28)29)19(14-21(22)32-3)23(27)24-16-8-10-25(11-9-16)17-4-6-18(31-2)7-5-17/h4-7,14-16H,8-13H2,1-3H3,(H,24,27). The fourth-order valence-corrected chi connectivity index (χ4v) is 3.73. The molecular weight excluding hydrogens is 430 g/mol. The van der Waals surface area contributed by atoms with Crippen LogP contribution in [0.3, 0.4) is 0 Å². The molecule has 1 fully saturated rings. The molecule has 1 aliphatic rings. The van der Waals surface area contributed by atoms with E-state index in [0.717, 1.165) is 37.4 Å². The number of piperidine rings is 1. The van der Waals surface area contributed by atoms with Crippen LogP contribution in [0.4, 0.5) is 11.4 Å². The maximum atomic E-state index is 12.9. The van der Waals surface area contributed by atoms with Gasteiger partial charge in [-0.1, -0.05) is 0 Å². The highest BCUT2D eigenvalue weighted by Crippen LogP contribution is 2.35. The monoisotopic (exact) mass is 459 g/mol. The number of methoxy groups -OCH3 is 3. The number of carbonyl (C=O) groups excluding carboxylic acids is 1. The van der Waals surface area contributed by atoms with E-state index < -0.39 is 10.8 Å². The minimum absolute atomic E-state index is 0.0616. The largest absolute Gasteiger partial charge is 0.497 e. The number of nitro groups is 1. The van der Waals surface area contributed by atoms with Crippen LogP contribution in [0.1, 0.15) is 23.2 Å². The first-order valence-electron chi connectivity index (χ1n) is 10.6. The maximum Gasteiger partial charge on any atom is 0.286 e. The predicted octanol–water partition coefficient (Wildman–Crippen LogP) is 3.04. The number of anilines is 1. The van der Waals surface area contributed by atoms with Gasteiger partial charge in [0.1, 0.15) is 17.9 Å². The van der Waals surface area contributed by atoms with Gasteiger partial charge in [0, 0.05) is 38.0 Å². The van der Waals surface area contributed by atoms with Crippen LogP contribution in [0.15, 0.2) is 36.4 Å². The molecule has 0 aliphatic carbocycles. The van der Waals surface area contributed by atoms with Crippen molar-refractivity contribution in [3.8, 4) is 17.2 Å². The van der Waals surface area contributed by atoms with Crippen LogP contribution < -0.4 is 24.4 Å². The molecule has 0 spiro atoms. The number of hydrogen-bond donors (Lipinski definition) is 1. The predicted molar refractivity (Wildman–Crippen MR) is 123 cm³/mol. The molecule has 0 bridgehead atoms. The molecule has 1 saturated heterocycles. The van der Waals surface area contributed by atoms with E-state index in [1.54, 1.807) is 7.11 Å². The van der Waals surface area contributed by atoms with E-state index in [1.165, 1.54) is 26.4 Å². The van der Waals surface area contributed by atoms with Crippen LogP contribution in [0.5, 0.6) is 17.2 Å². The number of nitrogens with zero attached hydrogens (tertiary/aromatic N) is 2. The number of nitrogens with one attached hydrogen (secondary N) is 1. The molecule has 1 aliphatic heterocycles. The van der Waals surface area contributed by atoms with E-state index in [0.29, 0.717) is 6.61 Å². The maximum absolute atomic E-state index is 12.9. The van der Waals surface area contributed by atoms with Crippen molar-refractivity contribution < 1.29 is 28.7 Å². The van der Waals surface area contributed by atoms with Gasteiger partial charge < -0.3 is 29.2 Å². The molecule has 178 valence electrons. The zero-order chi connectivity index (χ0) is 23.8. The van der Waals surface area contributed by atoms with Crippen LogP contribution in [0.25, 0.3) is 0 Å². The quantitative estimate of drug-likeness (QED) is 0.328. The fourth-order valence-electron chi connectivity index (χ4n) is 3.73. The Morgan fingerprint density at radius 3 is 2.33 bits per heavy atom. The SMILES string of the molecule is COCCOc1cc([N+](=O)[O-])c(C(=O)NC2CCN(c3ccc(OC)cc3)CC2)cc1OC. The lowest BCUT2D eigenvalue weighted by molar-refractivity contribution is -0.385. The number of benzene rings is 2. The highest BCUT2D eigenvalue weighted by Gasteiger charge is 2.28. The number of ether oxygens (including phenoxy) is 4. The summed E-state index contributed by atoms with van der Waals surface area (Å²) < 4.78 is 20.9. The molecule has 2 aromatic rings. The van der Waals surface area contributed by atoms with Crippen molar-refractivity contribution in [1.82, 2.24) is 5.32 Å². The number of rotatable bonds is 10. The van der Waals surface area contributed by atoms with Gasteiger partial charge in [-0.3, -0.25) is 14.9 Å². The molecular formula is C23H29N3O7. The fraction of sp³-hybridized carbons (Fsp3) is 0.435. The molecule has 10 nitrogen and oxygen atoms in total. The Bertz CT molecular complexity index is 957. The third-order valence-corrected chi connectivity index (χ3v) is 5.54. The van der Waals surface area contributed by atoms with Gasteiger partial charge >= 0.3 is 0 Å². The number of carbonyl (C=O) groups is 1. The van der Waals surface area contributed by atoms with Crippen LogP contribution >= 0.6 is 0 Å². The van der Waals surface area contributed by atoms with E-state index in [-0.39, 0.29) is 35.4 Å². The Balaban J connectivity index is 1.67. The second kappa shape index (κ2) is 11.4. The topological polar surface area (TPSA) is 112 Å². The average molecular weight is 459 g/mol. The molecule has 1 amide bonds. The van der Waals surface area contributed by atoms with Crippen molar-refractivity contribution >= 4 is 17.3 Å². The summed E-state index contributed by atoms with van der Waals surface area (Å²) in [5, 5.41) is 14.6. The molecule has 0 radical (unpaired) electrons. The molecule has 1 heterocycles. The van der Waals surface area contributed by atoms with Gasteiger partial charge in [-0.25, -0.2) is 0 Å². The molecule has 3 rings (SSSR count). The van der Waals surface area contributed by atoms with Gasteiger partial charge in [-0.2, -0.15) is 0 Å². The van der Waals surface area contributed by atoms with Gasteiger partial charge in [0.25, 0.3) is 11.6 Å². The van der Waals surface area contributed by atoms with Crippen molar-refractivity contribution in [2.75, 3.05) is 52.5 Å². The number of nitro benzene ring substituents is 1. The summed E-state index contributed by atoms with van der Waals surface area (Å²) in [5.74, 6) is 0.723. The molecule has 0 atom stereocenters. The first kappa shape index (κ1) is 24.1. The summed E-state index contributed by atoms with van der Waals surface area (Å²) in [6, 6.07) is 10.3. The van der Waals surface area contributed by atoms with Gasteiger partial charge in [0.2, 0.25) is 0 Å². The second-order valence-corrected chi connectivity index (χ2v) is 7.55. The second-order valence-electron chi connectivity index (χ2n) is 7.55. The van der Waals surface area contributed by atoms with Crippen LogP contribution in [-0.2, 0) is 4.74 Å². The van der Waals surface area contributed by atoms with Crippen LogP contribution in [0, 0.1) is 10.1 Å². The Labute approximate surface area is 192 Å². The van der Waals surface area contributed by atoms with Gasteiger partial charge in [-0.05, 0) is 37.1 Å². The molecule has 0 aromatic heterocycles. The zero-order valence-electron chi connectivity index (χ0n) is 19.0. The molecule has 10 heteroatoms. The summed E-state index contributed by atoms with van der Waals surface area (Å²) in [4.78, 5) is 26.2. The van der Waals surface area contributed by atoms with E-state index >= 15 is 0 Å². The van der Waals surface area contributed by atoms with Crippen LogP contribution in [-0.4, -0.2) is 64.5 Å². The summed E-state index contributed by atoms with van der Waals surface area (Å²) >= 11 is 0. The van der Waals surface area contributed by atoms with Crippen molar-refractivity contribution in [1.29, 1.82) is 0 Å². The average Bonchev–Trinajstić information content (AvgIpc) is 2.84. The van der Waals surface area contributed by atoms with E-state index in [9.17, 15) is 14.9 Å². The lowest BCUT2D eigenvalue weighted by Gasteiger charge is -2.34. The van der Waals surface area contributed by atoms with Gasteiger partial charge in [0.05, 0.1) is 31.8 Å². The van der Waals surface area contributed by atoms with E-state index in [2.05, 4.69) is 10.2 Å². The van der Waals surface area contributed by atoms with Crippen molar-refractivity contribution in [3.05, 3.63) is 52.1 Å². The summed E-state index contributed by atoms with van der Waals surface area (Å²) in [5.41, 5.74) is 0.690. The minimum Gasteiger partial charge on any atom is -0.497 e. The highest BCUT2D eigenvalue weighted by molar-refractivity contribution is 5.99. The third-order valence-electron chi connectivity index (χ3n) is 5.54. The third kappa shape index (κ3) is 6.04. The Morgan fingerprint density at radius 2 is 1.76 bits per heavy atom. The van der Waals surface area contributed by atoms with Crippen LogP contribution in [0.2, 0.25) is 0 Å². The van der Waals surface area contributed by atoms with Crippen molar-refractivity contribution in [2.45, 2.75) is 18.9 Å². The smallest absolute Gasteiger partial charge is 0.286 e. The molecule has 0 saturated carbocycles. The number of hydrogen-bond acceptors (Lipinski definition) is 8. The number of amides is 1. The Kier molecular flexibility index (Phi) is 8.31. The molecule has 1 N–H and O–H groups in total. The Morgan fingerprint density at radius 1 is 1.06 bits per heavy atom. The summed E-state index contributed by atoms with van der Waals surface area (Å²) in [6.07, 6.45) is 1.45. The van der Waals surface area contributed by atoms with Crippen molar-refractivity contribution in [2.24, 2.45) is 0 Å². The van der Waals surface area contributed by atoms with Gasteiger partial charge in [0.15, 0.2) is 11.5 Å². The molecule has 2 aromatic carbocycles. The molecule has 33 heavy (non-hydrogen) atoms. The summed E-state index contributed by atoms with van der Waals surface area (Å²) in [6.45, 7) is 2.03. The van der Waals surface area contributed by atoms with E-state index in [4.69, 9.17) is 18.9 Å². The zero-order valence-corrected chi connectivity index (χ0v) is 19.0. The minimum atomic E-state index is -0.593. The van der Waals surface area contributed by atoms with Crippen molar-refractivity contribution in [3.63, 3.8) is 0 Å². The molecule has 0 unspecified atom stereocenters. The summed E-state index contributed by atoms with van der Waals surface area (Å²) in [7, 11) is 4.57. The van der Waals surface area contributed by atoms with E-state index in [1.807, 2.05) is 24.3 Å². The lowest BCUT2D eigenvalue weighted by atomic mass is 10.0. The van der Waals surface area contributed by atoms with Gasteiger partial charge in [-0.15, -0.1) is 0 Å². The first-order valence-corrected chi connectivity index (χ1v) is 10.6.